The average molecular weight is 1560 g/mol. The van der Waals surface area contributed by atoms with Crippen molar-refractivity contribution in [3.05, 3.63) is 172 Å². The molecule has 0 amide bonds. The highest BCUT2D eigenvalue weighted by Crippen LogP contribution is 2.63. The van der Waals surface area contributed by atoms with Crippen molar-refractivity contribution >= 4 is 42.8 Å². The molecular weight excluding hydrogens is 1410 g/mol. The lowest BCUT2D eigenvalue weighted by atomic mass is 9.67. The Morgan fingerprint density at radius 1 is 0.294 bits per heavy atom. The fraction of sp³-hybridized carbons (Fsp3) is 0.625. The molecule has 0 bridgehead atoms. The van der Waals surface area contributed by atoms with Gasteiger partial charge in [0.15, 0.2) is 0 Å². The Kier molecular flexibility index (Phi) is 24.4. The summed E-state index contributed by atoms with van der Waals surface area (Å²) >= 11 is 0. The van der Waals surface area contributed by atoms with E-state index in [1.165, 1.54) is 16.7 Å². The number of benzene rings is 3. The Bertz CT molecular complexity index is 3920. The van der Waals surface area contributed by atoms with E-state index in [4.69, 9.17) is 27.1 Å². The Morgan fingerprint density at radius 3 is 0.679 bits per heavy atom. The molecule has 0 N–H and O–H groups in total. The molecule has 6 atom stereocenters. The Balaban J connectivity index is 1.38. The summed E-state index contributed by atoms with van der Waals surface area (Å²) in [5.41, 5.74) is 20.7. The molecule has 0 saturated heterocycles. The third kappa shape index (κ3) is 18.8. The van der Waals surface area contributed by atoms with Crippen LogP contribution in [0.1, 0.15) is 339 Å². The summed E-state index contributed by atoms with van der Waals surface area (Å²) in [6, 6.07) is 13.5. The lowest BCUT2D eigenvalue weighted by Crippen LogP contribution is -2.36. The van der Waals surface area contributed by atoms with Crippen LogP contribution in [0.3, 0.4) is 0 Å². The van der Waals surface area contributed by atoms with Gasteiger partial charge in [-0.25, -0.2) is 0 Å². The molecule has 0 saturated carbocycles. The van der Waals surface area contributed by atoms with Crippen LogP contribution in [0.15, 0.2) is 122 Å². The predicted octanol–water partition coefficient (Wildman–Crippen LogP) is 30.6. The number of hydrogen-bond donors (Lipinski definition) is 0. The second-order valence-electron chi connectivity index (χ2n) is 44.8. The third-order valence-corrected chi connectivity index (χ3v) is 25.4. The number of rotatable bonds is 9. The lowest BCUT2D eigenvalue weighted by Gasteiger charge is -2.43. The van der Waals surface area contributed by atoms with Gasteiger partial charge in [-0.3, -0.25) is 13.6 Å². The number of fused-ring (bicyclic) bond motifs is 6. The number of hydrogen-bond acceptors (Lipinski definition) is 7. The maximum Gasteiger partial charge on any atom is 0.440 e. The van der Waals surface area contributed by atoms with Gasteiger partial charge < -0.3 is 18.5 Å². The number of allylic oxidation sites excluding steroid dienone is 9. The van der Waals surface area contributed by atoms with Gasteiger partial charge in [-0.1, -0.05) is 286 Å². The summed E-state index contributed by atoms with van der Waals surface area (Å²) in [6.07, 6.45) is 6.56. The van der Waals surface area contributed by atoms with E-state index in [-0.39, 0.29) is 32.5 Å². The molecule has 0 aromatic heterocycles. The van der Waals surface area contributed by atoms with Crippen molar-refractivity contribution in [2.75, 3.05) is 19.6 Å². The fourth-order valence-corrected chi connectivity index (χ4v) is 19.0. The summed E-state index contributed by atoms with van der Waals surface area (Å²) in [5.74, 6) is 1.63. The minimum absolute atomic E-state index is 0.243. The molecule has 13 heteroatoms. The molecule has 7 nitrogen and oxygen atoms in total. The Hall–Kier alpha value is -4.36. The molecule has 3 aromatic rings. The minimum Gasteiger partial charge on any atom is -0.423 e. The van der Waals surface area contributed by atoms with E-state index >= 15 is 12.6 Å². The SMILES string of the molecule is CC1=C2C(CCN(CCC3=C(C(C)(C)C)C=C(C(C)(C)C)C4OP(F)Oc5c(cc(C(C)(C)C)cc5C(C)(C)C)C(C)=C34)CCC3=C(C(C)(C)C)C=C(C(C)(C)C)C4OP(F)Oc5c(cc(C(C)(C)C)cc5C(C)(C)C)/C(C)=C/34)=C(C(C)(C)C)C=C(C(C)(C)C)C2OP(F)Oc2c1cc(C(C)(C)C)cc2C(C)(C)C. The van der Waals surface area contributed by atoms with Gasteiger partial charge in [0.05, 0.1) is 0 Å². The maximum absolute atomic E-state index is 17.7. The molecule has 9 rings (SSSR count). The van der Waals surface area contributed by atoms with Crippen molar-refractivity contribution in [2.24, 2.45) is 32.5 Å². The van der Waals surface area contributed by atoms with Gasteiger partial charge in [0.25, 0.3) is 0 Å². The van der Waals surface area contributed by atoms with Crippen LogP contribution in [0.4, 0.5) is 12.6 Å². The molecule has 3 heterocycles. The molecule has 3 aliphatic heterocycles. The van der Waals surface area contributed by atoms with Crippen molar-refractivity contribution in [2.45, 2.75) is 340 Å². The Labute approximate surface area is 664 Å². The quantitative estimate of drug-likeness (QED) is 0.198. The lowest BCUT2D eigenvalue weighted by molar-refractivity contribution is 0.218. The highest BCUT2D eigenvalue weighted by atomic mass is 31.2. The van der Waals surface area contributed by atoms with Gasteiger partial charge in [-0.15, -0.1) is 12.6 Å². The predicted molar refractivity (Wildman–Crippen MR) is 462 cm³/mol. The first-order chi connectivity index (χ1) is 49.1. The van der Waals surface area contributed by atoms with E-state index in [1.807, 2.05) is 0 Å². The summed E-state index contributed by atoms with van der Waals surface area (Å²) in [4.78, 5) is 2.67. The molecule has 3 aromatic carbocycles. The summed E-state index contributed by atoms with van der Waals surface area (Å²) in [7, 11) is -8.80. The zero-order valence-corrected chi connectivity index (χ0v) is 77.7. The first-order valence-corrected chi connectivity index (χ1v) is 43.6. The molecular formula is C96H141F3NO6P3. The van der Waals surface area contributed by atoms with E-state index in [1.54, 1.807) is 0 Å². The van der Waals surface area contributed by atoms with Gasteiger partial charge in [0, 0.05) is 53.0 Å². The molecule has 0 fully saturated rings. The second kappa shape index (κ2) is 30.0. The van der Waals surface area contributed by atoms with E-state index in [0.717, 1.165) is 117 Å². The van der Waals surface area contributed by atoms with Crippen LogP contribution >= 0.6 is 26.1 Å². The third-order valence-electron chi connectivity index (χ3n) is 23.3. The summed E-state index contributed by atoms with van der Waals surface area (Å²) in [5, 5.41) is 0. The van der Waals surface area contributed by atoms with Crippen LogP contribution in [-0.2, 0) is 46.1 Å². The minimum atomic E-state index is -2.93. The molecule has 109 heavy (non-hydrogen) atoms. The van der Waals surface area contributed by atoms with E-state index in [0.29, 0.717) is 56.1 Å². The summed E-state index contributed by atoms with van der Waals surface area (Å²) in [6.45, 7) is 89.1. The monoisotopic (exact) mass is 1550 g/mol. The summed E-state index contributed by atoms with van der Waals surface area (Å²) < 4.78 is 93.8. The van der Waals surface area contributed by atoms with Crippen molar-refractivity contribution in [1.82, 2.24) is 4.90 Å². The second-order valence-corrected chi connectivity index (χ2v) is 47.2. The highest BCUT2D eigenvalue weighted by Gasteiger charge is 2.48. The number of halogens is 3. The largest absolute Gasteiger partial charge is 0.440 e. The van der Waals surface area contributed by atoms with Crippen molar-refractivity contribution in [3.8, 4) is 17.2 Å². The van der Waals surface area contributed by atoms with Gasteiger partial charge in [-0.05, 0) is 223 Å². The first kappa shape index (κ1) is 88.6. The first-order valence-electron chi connectivity index (χ1n) is 40.4. The van der Waals surface area contributed by atoms with Crippen LogP contribution < -0.4 is 13.6 Å². The van der Waals surface area contributed by atoms with Crippen LogP contribution in [0.5, 0.6) is 17.2 Å². The van der Waals surface area contributed by atoms with Crippen molar-refractivity contribution in [3.63, 3.8) is 0 Å². The van der Waals surface area contributed by atoms with E-state index < -0.39 is 76.9 Å². The van der Waals surface area contributed by atoms with Gasteiger partial charge in [-0.2, -0.15) is 0 Å². The topological polar surface area (TPSA) is 58.6 Å². The van der Waals surface area contributed by atoms with Crippen LogP contribution in [0.25, 0.3) is 16.7 Å². The van der Waals surface area contributed by atoms with Gasteiger partial charge in [0.1, 0.15) is 35.6 Å². The molecule has 602 valence electrons. The molecule has 6 unspecified atom stereocenters. The van der Waals surface area contributed by atoms with Gasteiger partial charge >= 0.3 is 26.1 Å². The van der Waals surface area contributed by atoms with Gasteiger partial charge in [0.2, 0.25) is 0 Å². The smallest absolute Gasteiger partial charge is 0.423 e. The average Bonchev–Trinajstić information content (AvgIpc) is 0.739. The highest BCUT2D eigenvalue weighted by molar-refractivity contribution is 7.42. The Morgan fingerprint density at radius 2 is 0.505 bits per heavy atom. The van der Waals surface area contributed by atoms with Crippen LogP contribution in [-0.4, -0.2) is 42.8 Å². The fourth-order valence-electron chi connectivity index (χ4n) is 16.7. The number of nitrogens with zero attached hydrogens (tertiary/aromatic N) is 1. The van der Waals surface area contributed by atoms with Crippen LogP contribution in [0.2, 0.25) is 0 Å². The molecule has 3 aliphatic carbocycles. The zero-order chi connectivity index (χ0) is 82.5. The van der Waals surface area contributed by atoms with Crippen LogP contribution in [0, 0.1) is 32.5 Å². The zero-order valence-electron chi connectivity index (χ0n) is 75.0. The molecule has 6 aliphatic rings. The maximum atomic E-state index is 17.7. The van der Waals surface area contributed by atoms with E-state index in [2.05, 4.69) is 330 Å². The molecule has 0 spiro atoms. The molecule has 0 radical (unpaired) electrons. The standard InChI is InChI=1S/C96H141F3NO6P3/c1-55-64-46-58(85(4,5)6)49-70(91(22,23)24)79(64)101-107(97)104-82-73(94(31,32)33)52-67(88(13,14)15)61(76(55)82)40-43-100(44-41-62-68(89(16,17)18)53-74(95(34,35)36)83-77(62)56(2)65-47-59(86(7,8)9)50-71(92(25,26)27)80(65)102-108(98)105-83)45-42-63-69(90(19,20)21)54-75(96(37,38)39)84-78(63)57(3)66-48-60(87(10,11)12)51-72(93(28,29)30)81(66)103-109(99)106-84/h46-54,82-84H,40-45H2,1-39H3/b76-55-,77-56?,78-57?. The van der Waals surface area contributed by atoms with Crippen molar-refractivity contribution < 1.29 is 39.7 Å². The normalized spacial score (nSPS) is 22.9. The van der Waals surface area contributed by atoms with E-state index in [9.17, 15) is 0 Å². The van der Waals surface area contributed by atoms with Crippen molar-refractivity contribution in [1.29, 1.82) is 0 Å².